The van der Waals surface area contributed by atoms with E-state index in [-0.39, 0.29) is 30.3 Å². The van der Waals surface area contributed by atoms with Crippen LogP contribution in [0.5, 0.6) is 0 Å². The number of urea groups is 1. The fourth-order valence-corrected chi connectivity index (χ4v) is 4.86. The molecule has 0 aromatic carbocycles. The Morgan fingerprint density at radius 2 is 2.00 bits per heavy atom. The zero-order chi connectivity index (χ0) is 19.0. The lowest BCUT2D eigenvalue weighted by atomic mass is 9.73. The van der Waals surface area contributed by atoms with Gasteiger partial charge in [-0.1, -0.05) is 19.8 Å². The van der Waals surface area contributed by atoms with Gasteiger partial charge in [-0.25, -0.2) is 4.79 Å². The number of carbonyl (C=O) groups excluding carboxylic acids is 3. The Hall–Kier alpha value is -2.44. The normalized spacial score (nSPS) is 30.9. The smallest absolute Gasteiger partial charge is 0.325 e. The van der Waals surface area contributed by atoms with Gasteiger partial charge in [-0.3, -0.25) is 19.5 Å². The van der Waals surface area contributed by atoms with Crippen molar-refractivity contribution in [2.45, 2.75) is 57.0 Å². The summed E-state index contributed by atoms with van der Waals surface area (Å²) in [6, 6.07) is 3.40. The van der Waals surface area contributed by atoms with E-state index < -0.39 is 11.6 Å². The molecule has 1 aromatic heterocycles. The second-order valence-electron chi connectivity index (χ2n) is 7.97. The van der Waals surface area contributed by atoms with Gasteiger partial charge in [0, 0.05) is 18.9 Å². The second kappa shape index (κ2) is 6.94. The molecule has 0 radical (unpaired) electrons. The first-order valence-corrected chi connectivity index (χ1v) is 9.86. The van der Waals surface area contributed by atoms with Gasteiger partial charge >= 0.3 is 6.03 Å². The highest BCUT2D eigenvalue weighted by atomic mass is 16.2. The number of aromatic nitrogens is 1. The van der Waals surface area contributed by atoms with Crippen molar-refractivity contribution in [1.82, 2.24) is 20.1 Å². The third-order valence-electron chi connectivity index (χ3n) is 6.46. The van der Waals surface area contributed by atoms with Crippen molar-refractivity contribution in [2.75, 3.05) is 13.1 Å². The van der Waals surface area contributed by atoms with Gasteiger partial charge in [0.25, 0.3) is 5.91 Å². The van der Waals surface area contributed by atoms with Gasteiger partial charge in [-0.05, 0) is 49.3 Å². The van der Waals surface area contributed by atoms with Crippen LogP contribution in [0.3, 0.4) is 0 Å². The molecule has 2 saturated heterocycles. The minimum atomic E-state index is -0.814. The summed E-state index contributed by atoms with van der Waals surface area (Å²) in [6.45, 7) is 2.49. The number of rotatable bonds is 3. The van der Waals surface area contributed by atoms with Crippen molar-refractivity contribution in [3.63, 3.8) is 0 Å². The van der Waals surface area contributed by atoms with Gasteiger partial charge < -0.3 is 10.2 Å². The Morgan fingerprint density at radius 1 is 1.22 bits per heavy atom. The molecule has 7 nitrogen and oxygen atoms in total. The average molecular weight is 370 g/mol. The molecule has 3 fully saturated rings. The van der Waals surface area contributed by atoms with Crippen LogP contribution in [0, 0.1) is 5.92 Å². The van der Waals surface area contributed by atoms with Crippen molar-refractivity contribution in [1.29, 1.82) is 0 Å². The summed E-state index contributed by atoms with van der Waals surface area (Å²) in [5.74, 6) is -0.301. The molecule has 4 amide bonds. The summed E-state index contributed by atoms with van der Waals surface area (Å²) in [5, 5.41) is 2.92. The van der Waals surface area contributed by atoms with Crippen LogP contribution < -0.4 is 5.32 Å². The first-order chi connectivity index (χ1) is 13.0. The van der Waals surface area contributed by atoms with Crippen molar-refractivity contribution < 1.29 is 14.4 Å². The van der Waals surface area contributed by atoms with Gasteiger partial charge in [0.05, 0.1) is 6.04 Å². The van der Waals surface area contributed by atoms with Crippen LogP contribution in [0.1, 0.15) is 57.1 Å². The van der Waals surface area contributed by atoms with Crippen LogP contribution >= 0.6 is 0 Å². The summed E-state index contributed by atoms with van der Waals surface area (Å²) in [7, 11) is 0. The molecule has 1 spiro atoms. The molecule has 3 atom stereocenters. The predicted octanol–water partition coefficient (Wildman–Crippen LogP) is 2.25. The third kappa shape index (κ3) is 2.99. The zero-order valence-corrected chi connectivity index (χ0v) is 15.7. The summed E-state index contributed by atoms with van der Waals surface area (Å²) >= 11 is 0. The van der Waals surface area contributed by atoms with E-state index in [0.717, 1.165) is 42.6 Å². The SMILES string of the molecule is C[C@@H]1CCCC[C@]12NC(=O)N(CC(=O)N1CCC[C@@H]1c1ccncc1)C2=O. The van der Waals surface area contributed by atoms with Crippen molar-refractivity contribution in [3.05, 3.63) is 30.1 Å². The molecular formula is C20H26N4O3. The van der Waals surface area contributed by atoms with E-state index in [2.05, 4.69) is 10.3 Å². The molecule has 3 aliphatic rings. The molecular weight excluding hydrogens is 344 g/mol. The predicted molar refractivity (Wildman–Crippen MR) is 98.5 cm³/mol. The van der Waals surface area contributed by atoms with E-state index in [4.69, 9.17) is 0 Å². The van der Waals surface area contributed by atoms with E-state index in [1.165, 1.54) is 0 Å². The molecule has 1 N–H and O–H groups in total. The van der Waals surface area contributed by atoms with Crippen molar-refractivity contribution in [3.8, 4) is 0 Å². The molecule has 2 aliphatic heterocycles. The number of amides is 4. The average Bonchev–Trinajstić information content (AvgIpc) is 3.25. The van der Waals surface area contributed by atoms with Crippen LogP contribution in [0.4, 0.5) is 4.79 Å². The van der Waals surface area contributed by atoms with Crippen LogP contribution in [0.15, 0.2) is 24.5 Å². The number of nitrogens with one attached hydrogen (secondary N) is 1. The first kappa shape index (κ1) is 17.9. The topological polar surface area (TPSA) is 82.6 Å². The first-order valence-electron chi connectivity index (χ1n) is 9.86. The fraction of sp³-hybridized carbons (Fsp3) is 0.600. The Kier molecular flexibility index (Phi) is 4.61. The number of likely N-dealkylation sites (tertiary alicyclic amines) is 1. The molecule has 1 aliphatic carbocycles. The maximum atomic E-state index is 13.1. The Bertz CT molecular complexity index is 753. The maximum absolute atomic E-state index is 13.1. The summed E-state index contributed by atoms with van der Waals surface area (Å²) in [4.78, 5) is 45.5. The van der Waals surface area contributed by atoms with Gasteiger partial charge in [-0.15, -0.1) is 0 Å². The lowest BCUT2D eigenvalue weighted by Crippen LogP contribution is -2.54. The van der Waals surface area contributed by atoms with E-state index in [1.807, 2.05) is 19.1 Å². The lowest BCUT2D eigenvalue weighted by Gasteiger charge is -2.36. The molecule has 144 valence electrons. The highest BCUT2D eigenvalue weighted by Gasteiger charge is 2.55. The summed E-state index contributed by atoms with van der Waals surface area (Å²) in [5.41, 5.74) is 0.232. The van der Waals surface area contributed by atoms with E-state index >= 15 is 0 Å². The second-order valence-corrected chi connectivity index (χ2v) is 7.97. The zero-order valence-electron chi connectivity index (χ0n) is 15.7. The van der Waals surface area contributed by atoms with Gasteiger partial charge in [0.1, 0.15) is 12.1 Å². The van der Waals surface area contributed by atoms with Crippen LogP contribution in [-0.2, 0) is 9.59 Å². The van der Waals surface area contributed by atoms with Crippen LogP contribution in [0.25, 0.3) is 0 Å². The molecule has 7 heteroatoms. The number of pyridine rings is 1. The lowest BCUT2D eigenvalue weighted by molar-refractivity contribution is -0.141. The van der Waals surface area contributed by atoms with E-state index in [1.54, 1.807) is 17.3 Å². The monoisotopic (exact) mass is 370 g/mol. The molecule has 27 heavy (non-hydrogen) atoms. The molecule has 1 saturated carbocycles. The Balaban J connectivity index is 1.49. The number of nitrogens with zero attached hydrogens (tertiary/aromatic N) is 3. The third-order valence-corrected chi connectivity index (χ3v) is 6.46. The van der Waals surface area contributed by atoms with Gasteiger partial charge in [-0.2, -0.15) is 0 Å². The van der Waals surface area contributed by atoms with E-state index in [9.17, 15) is 14.4 Å². The molecule has 0 unspecified atom stereocenters. The summed E-state index contributed by atoms with van der Waals surface area (Å²) < 4.78 is 0. The molecule has 0 bridgehead atoms. The number of carbonyl (C=O) groups is 3. The minimum absolute atomic E-state index is 0.0103. The van der Waals surface area contributed by atoms with Gasteiger partial charge in [0.15, 0.2) is 0 Å². The number of hydrogen-bond donors (Lipinski definition) is 1. The Morgan fingerprint density at radius 3 is 2.74 bits per heavy atom. The highest BCUT2D eigenvalue weighted by molar-refractivity contribution is 6.09. The van der Waals surface area contributed by atoms with Crippen LogP contribution in [-0.4, -0.2) is 51.3 Å². The molecule has 3 heterocycles. The number of hydrogen-bond acceptors (Lipinski definition) is 4. The maximum Gasteiger partial charge on any atom is 0.325 e. The van der Waals surface area contributed by atoms with Crippen LogP contribution in [0.2, 0.25) is 0 Å². The standard InChI is InChI=1S/C20H26N4O3/c1-14-5-2-3-9-20(14)18(26)24(19(27)22-20)13-17(25)23-12-4-6-16(23)15-7-10-21-11-8-15/h7-8,10-11,14,16H,2-6,9,12-13H2,1H3,(H,22,27)/t14-,16-,20+/m1/s1. The fourth-order valence-electron chi connectivity index (χ4n) is 4.86. The van der Waals surface area contributed by atoms with E-state index in [0.29, 0.717) is 13.0 Å². The molecule has 1 aromatic rings. The van der Waals surface area contributed by atoms with Crippen molar-refractivity contribution >= 4 is 17.8 Å². The summed E-state index contributed by atoms with van der Waals surface area (Å²) in [6.07, 6.45) is 8.83. The van der Waals surface area contributed by atoms with Gasteiger partial charge in [0.2, 0.25) is 5.91 Å². The highest BCUT2D eigenvalue weighted by Crippen LogP contribution is 2.38. The Labute approximate surface area is 159 Å². The van der Waals surface area contributed by atoms with Crippen molar-refractivity contribution in [2.24, 2.45) is 5.92 Å². The molecule has 4 rings (SSSR count). The quantitative estimate of drug-likeness (QED) is 0.827. The number of imide groups is 1. The largest absolute Gasteiger partial charge is 0.334 e. The minimum Gasteiger partial charge on any atom is -0.334 e.